The lowest BCUT2D eigenvalue weighted by atomic mass is 10.4. The minimum atomic E-state index is -4.28. The van der Waals surface area contributed by atoms with Gasteiger partial charge in [0, 0.05) is 26.7 Å². The van der Waals surface area contributed by atoms with E-state index in [2.05, 4.69) is 15.6 Å². The smallest absolute Gasteiger partial charge is 0.356 e. The molecule has 0 amide bonds. The maximum absolute atomic E-state index is 12.0. The highest BCUT2D eigenvalue weighted by Gasteiger charge is 2.29. The largest absolute Gasteiger partial charge is 0.401 e. The van der Waals surface area contributed by atoms with Gasteiger partial charge in [-0.15, -0.1) is 24.0 Å². The minimum absolute atomic E-state index is 0. The first-order chi connectivity index (χ1) is 9.03. The van der Waals surface area contributed by atoms with E-state index in [-0.39, 0.29) is 49.6 Å². The molecule has 21 heavy (non-hydrogen) atoms. The molecule has 0 aliphatic heterocycles. The fraction of sp³-hybridized carbons (Fsp3) is 0.900. The second kappa shape index (κ2) is 10.3. The molecule has 128 valence electrons. The van der Waals surface area contributed by atoms with Crippen LogP contribution in [0.2, 0.25) is 0 Å². The van der Waals surface area contributed by atoms with E-state index in [1.165, 1.54) is 14.1 Å². The van der Waals surface area contributed by atoms with E-state index in [9.17, 15) is 26.3 Å². The zero-order valence-electron chi connectivity index (χ0n) is 11.6. The summed E-state index contributed by atoms with van der Waals surface area (Å²) in [6.07, 6.45) is -9.55. The predicted octanol–water partition coefficient (Wildman–Crippen LogP) is 2.22. The maximum atomic E-state index is 12.0. The number of nitrogens with zero attached hydrogens (tertiary/aromatic N) is 2. The first kappa shape index (κ1) is 22.8. The van der Waals surface area contributed by atoms with Crippen molar-refractivity contribution in [2.24, 2.45) is 4.99 Å². The first-order valence-corrected chi connectivity index (χ1v) is 5.80. The van der Waals surface area contributed by atoms with E-state index in [0.29, 0.717) is 0 Å². The number of alkyl halides is 6. The number of hydrogen-bond acceptors (Lipinski definition) is 2. The third kappa shape index (κ3) is 15.7. The molecule has 0 bridgehead atoms. The zero-order valence-corrected chi connectivity index (χ0v) is 13.9. The second-order valence-corrected chi connectivity index (χ2v) is 4.14. The van der Waals surface area contributed by atoms with Crippen LogP contribution in [0, 0.1) is 0 Å². The molecule has 2 N–H and O–H groups in total. The standard InChI is InChI=1S/C10H18F6N4.HI/c1-17-8(18-4-3-9(11,12)13)19-5-6-20(2)7-10(14,15)16;/h3-7H2,1-2H3,(H2,17,18,19);1H. The molecule has 0 spiro atoms. The number of guanidine groups is 1. The Morgan fingerprint density at radius 3 is 1.95 bits per heavy atom. The predicted molar refractivity (Wildman–Crippen MR) is 79.0 cm³/mol. The SMILES string of the molecule is CN=C(NCCN(C)CC(F)(F)F)NCCC(F)(F)F.I. The summed E-state index contributed by atoms with van der Waals surface area (Å²) >= 11 is 0. The van der Waals surface area contributed by atoms with Crippen LogP contribution in [0.3, 0.4) is 0 Å². The highest BCUT2D eigenvalue weighted by atomic mass is 127. The molecule has 0 fully saturated rings. The van der Waals surface area contributed by atoms with E-state index < -0.39 is 25.3 Å². The van der Waals surface area contributed by atoms with Gasteiger partial charge in [0.15, 0.2) is 5.96 Å². The second-order valence-electron chi connectivity index (χ2n) is 4.14. The quantitative estimate of drug-likeness (QED) is 0.291. The lowest BCUT2D eigenvalue weighted by Crippen LogP contribution is -2.43. The van der Waals surface area contributed by atoms with Crippen LogP contribution in [0.25, 0.3) is 0 Å². The molecule has 0 atom stereocenters. The molecule has 0 unspecified atom stereocenters. The first-order valence-electron chi connectivity index (χ1n) is 5.80. The van der Waals surface area contributed by atoms with Gasteiger partial charge in [-0.1, -0.05) is 0 Å². The van der Waals surface area contributed by atoms with Crippen LogP contribution in [0.15, 0.2) is 4.99 Å². The van der Waals surface area contributed by atoms with E-state index in [4.69, 9.17) is 0 Å². The number of aliphatic imine (C=N–C) groups is 1. The van der Waals surface area contributed by atoms with Crippen LogP contribution in [-0.4, -0.2) is 63.5 Å². The van der Waals surface area contributed by atoms with Crippen molar-refractivity contribution in [1.29, 1.82) is 0 Å². The molecule has 0 aromatic carbocycles. The number of rotatable bonds is 6. The van der Waals surface area contributed by atoms with E-state index in [1.807, 2.05) is 0 Å². The lowest BCUT2D eigenvalue weighted by molar-refractivity contribution is -0.142. The van der Waals surface area contributed by atoms with Gasteiger partial charge in [0.1, 0.15) is 0 Å². The van der Waals surface area contributed by atoms with Crippen molar-refractivity contribution in [3.8, 4) is 0 Å². The van der Waals surface area contributed by atoms with Gasteiger partial charge in [-0.2, -0.15) is 26.3 Å². The molecular weight excluding hydrogens is 417 g/mol. The van der Waals surface area contributed by atoms with Crippen molar-refractivity contribution in [1.82, 2.24) is 15.5 Å². The fourth-order valence-corrected chi connectivity index (χ4v) is 1.29. The Labute approximate surface area is 136 Å². The molecule has 4 nitrogen and oxygen atoms in total. The summed E-state index contributed by atoms with van der Waals surface area (Å²) in [6, 6.07) is 0. The van der Waals surface area contributed by atoms with Gasteiger partial charge >= 0.3 is 12.4 Å². The normalized spacial score (nSPS) is 13.1. The highest BCUT2D eigenvalue weighted by molar-refractivity contribution is 14.0. The van der Waals surface area contributed by atoms with Crippen LogP contribution >= 0.6 is 24.0 Å². The van der Waals surface area contributed by atoms with Crippen molar-refractivity contribution in [2.75, 3.05) is 40.3 Å². The maximum Gasteiger partial charge on any atom is 0.401 e. The van der Waals surface area contributed by atoms with Crippen molar-refractivity contribution >= 4 is 29.9 Å². The Morgan fingerprint density at radius 1 is 1.00 bits per heavy atom. The number of likely N-dealkylation sites (N-methyl/N-ethyl adjacent to an activating group) is 1. The van der Waals surface area contributed by atoms with E-state index >= 15 is 0 Å². The molecular formula is C10H19F6IN4. The van der Waals surface area contributed by atoms with Crippen LogP contribution in [0.1, 0.15) is 6.42 Å². The van der Waals surface area contributed by atoms with Gasteiger partial charge in [0.2, 0.25) is 0 Å². The molecule has 0 radical (unpaired) electrons. The Kier molecular flexibility index (Phi) is 11.2. The van der Waals surface area contributed by atoms with Crippen molar-refractivity contribution in [2.45, 2.75) is 18.8 Å². The molecule has 0 aliphatic carbocycles. The van der Waals surface area contributed by atoms with E-state index in [1.54, 1.807) is 0 Å². The van der Waals surface area contributed by atoms with Gasteiger partial charge in [0.25, 0.3) is 0 Å². The summed E-state index contributed by atoms with van der Waals surface area (Å²) in [6.45, 7) is -1.17. The molecule has 0 heterocycles. The third-order valence-corrected chi connectivity index (χ3v) is 2.16. The van der Waals surface area contributed by atoms with Gasteiger partial charge in [-0.25, -0.2) is 0 Å². The lowest BCUT2D eigenvalue weighted by Gasteiger charge is -2.19. The summed E-state index contributed by atoms with van der Waals surface area (Å²) < 4.78 is 71.8. The minimum Gasteiger partial charge on any atom is -0.356 e. The van der Waals surface area contributed by atoms with Crippen LogP contribution in [-0.2, 0) is 0 Å². The van der Waals surface area contributed by atoms with Gasteiger partial charge in [0.05, 0.1) is 13.0 Å². The Bertz CT molecular complexity index is 305. The zero-order chi connectivity index (χ0) is 15.8. The summed E-state index contributed by atoms with van der Waals surface area (Å²) in [4.78, 5) is 4.72. The number of hydrogen-bond donors (Lipinski definition) is 2. The topological polar surface area (TPSA) is 39.7 Å². The summed E-state index contributed by atoms with van der Waals surface area (Å²) in [5.41, 5.74) is 0. The molecule has 0 aromatic rings. The average molecular weight is 436 g/mol. The Hall–Kier alpha value is -0.460. The monoisotopic (exact) mass is 436 g/mol. The summed E-state index contributed by atoms with van der Waals surface area (Å²) in [5.74, 6) is 0.120. The molecule has 0 saturated carbocycles. The number of halogens is 7. The van der Waals surface area contributed by atoms with Crippen LogP contribution in [0.4, 0.5) is 26.3 Å². The summed E-state index contributed by atoms with van der Waals surface area (Å²) in [7, 11) is 2.66. The van der Waals surface area contributed by atoms with E-state index in [0.717, 1.165) is 4.90 Å². The van der Waals surface area contributed by atoms with Crippen LogP contribution < -0.4 is 10.6 Å². The Morgan fingerprint density at radius 2 is 1.52 bits per heavy atom. The fourth-order valence-electron chi connectivity index (χ4n) is 1.29. The summed E-state index contributed by atoms with van der Waals surface area (Å²) in [5, 5.41) is 5.06. The molecule has 0 rings (SSSR count). The molecule has 0 aromatic heterocycles. The van der Waals surface area contributed by atoms with Crippen molar-refractivity contribution < 1.29 is 26.3 Å². The molecule has 0 aliphatic rings. The van der Waals surface area contributed by atoms with Crippen molar-refractivity contribution in [3.63, 3.8) is 0 Å². The van der Waals surface area contributed by atoms with Gasteiger partial charge in [-0.05, 0) is 7.05 Å². The number of nitrogens with one attached hydrogen (secondary N) is 2. The molecule has 11 heteroatoms. The van der Waals surface area contributed by atoms with Gasteiger partial charge < -0.3 is 10.6 Å². The third-order valence-electron chi connectivity index (χ3n) is 2.16. The van der Waals surface area contributed by atoms with Gasteiger partial charge in [-0.3, -0.25) is 9.89 Å². The average Bonchev–Trinajstić information content (AvgIpc) is 2.22. The Balaban J connectivity index is 0. The highest BCUT2D eigenvalue weighted by Crippen LogP contribution is 2.18. The van der Waals surface area contributed by atoms with Crippen LogP contribution in [0.5, 0.6) is 0 Å². The molecule has 0 saturated heterocycles. The van der Waals surface area contributed by atoms with Crippen molar-refractivity contribution in [3.05, 3.63) is 0 Å².